The van der Waals surface area contributed by atoms with Crippen LogP contribution in [0.5, 0.6) is 0 Å². The number of ketones is 4. The van der Waals surface area contributed by atoms with Crippen LogP contribution in [0.1, 0.15) is 91.6 Å². The minimum atomic E-state index is -1.66. The molecule has 0 amide bonds. The van der Waals surface area contributed by atoms with Gasteiger partial charge < -0.3 is 18.6 Å². The summed E-state index contributed by atoms with van der Waals surface area (Å²) in [4.78, 5) is 67.2. The lowest BCUT2D eigenvalue weighted by atomic mass is 9.92. The molecule has 0 unspecified atom stereocenters. The van der Waals surface area contributed by atoms with E-state index in [-0.39, 0.29) is 11.6 Å². The first-order valence-corrected chi connectivity index (χ1v) is 18.9. The molecule has 0 fully saturated rings. The lowest BCUT2D eigenvalue weighted by molar-refractivity contribution is -0.0408. The summed E-state index contributed by atoms with van der Waals surface area (Å²) >= 11 is 0. The summed E-state index contributed by atoms with van der Waals surface area (Å²) in [5.41, 5.74) is 0.759. The fourth-order valence-corrected chi connectivity index (χ4v) is 6.50. The molecular formula is C49H44N2O7. The molecule has 0 saturated heterocycles. The second kappa shape index (κ2) is 17.8. The van der Waals surface area contributed by atoms with Gasteiger partial charge in [-0.05, 0) is 63.1 Å². The maximum Gasteiger partial charge on any atom is 0.510 e. The van der Waals surface area contributed by atoms with Crippen molar-refractivity contribution in [1.82, 2.24) is 9.13 Å². The van der Waals surface area contributed by atoms with E-state index in [0.29, 0.717) is 57.9 Å². The molecule has 9 nitrogen and oxygen atoms in total. The van der Waals surface area contributed by atoms with Gasteiger partial charge in [0.15, 0.2) is 11.2 Å². The molecule has 0 aliphatic carbocycles. The third kappa shape index (κ3) is 9.45. The Balaban J connectivity index is 1.09. The summed E-state index contributed by atoms with van der Waals surface area (Å²) in [6.45, 7) is 6.63. The SMILES string of the molecule is CC(C)(OC(=O)OC(C)(C)C(=O)c1ccccc1/C=C/Cn1cccc1C(=O)c1ccccc1)C(=O)c1ccccc1/C=C/Cn1cccc1C(=O)c1ccccc1. The molecule has 6 aromatic rings. The van der Waals surface area contributed by atoms with Crippen molar-refractivity contribution in [2.75, 3.05) is 0 Å². The largest absolute Gasteiger partial charge is 0.510 e. The number of Topliss-reactive ketones (excluding diaryl/α,β-unsaturated/α-hetero) is 2. The molecule has 0 radical (unpaired) electrons. The average molecular weight is 773 g/mol. The zero-order chi connectivity index (χ0) is 41.3. The molecule has 0 saturated carbocycles. The second-order valence-electron chi connectivity index (χ2n) is 14.6. The van der Waals surface area contributed by atoms with E-state index in [1.807, 2.05) is 82.2 Å². The topological polar surface area (TPSA) is 114 Å². The molecule has 4 aromatic carbocycles. The number of aromatic nitrogens is 2. The van der Waals surface area contributed by atoms with E-state index < -0.39 is 28.9 Å². The van der Waals surface area contributed by atoms with Gasteiger partial charge in [0.1, 0.15) is 0 Å². The molecule has 0 atom stereocenters. The number of carbonyl (C=O) groups is 5. The summed E-state index contributed by atoms with van der Waals surface area (Å²) in [5, 5.41) is 0. The highest BCUT2D eigenvalue weighted by molar-refractivity contribution is 6.09. The van der Waals surface area contributed by atoms with Crippen LogP contribution in [-0.4, -0.2) is 49.6 Å². The van der Waals surface area contributed by atoms with Crippen molar-refractivity contribution in [2.24, 2.45) is 0 Å². The van der Waals surface area contributed by atoms with E-state index in [4.69, 9.17) is 9.47 Å². The Hall–Kier alpha value is -7.13. The van der Waals surface area contributed by atoms with Crippen molar-refractivity contribution >= 4 is 41.4 Å². The van der Waals surface area contributed by atoms with Gasteiger partial charge in [-0.15, -0.1) is 0 Å². The van der Waals surface area contributed by atoms with E-state index in [0.717, 1.165) is 0 Å². The fraction of sp³-hybridized carbons (Fsp3) is 0.163. The lowest BCUT2D eigenvalue weighted by Crippen LogP contribution is -2.43. The Kier molecular flexibility index (Phi) is 12.4. The Morgan fingerprint density at radius 2 is 0.845 bits per heavy atom. The van der Waals surface area contributed by atoms with Gasteiger partial charge in [0.05, 0.1) is 11.4 Å². The van der Waals surface area contributed by atoms with E-state index in [1.54, 1.807) is 97.1 Å². The van der Waals surface area contributed by atoms with Crippen LogP contribution in [-0.2, 0) is 22.6 Å². The van der Waals surface area contributed by atoms with Crippen molar-refractivity contribution in [3.63, 3.8) is 0 Å². The molecule has 0 N–H and O–H groups in total. The van der Waals surface area contributed by atoms with E-state index >= 15 is 0 Å². The van der Waals surface area contributed by atoms with Crippen LogP contribution >= 0.6 is 0 Å². The van der Waals surface area contributed by atoms with Crippen LogP contribution in [0.15, 0.2) is 158 Å². The highest BCUT2D eigenvalue weighted by Crippen LogP contribution is 2.26. The summed E-state index contributed by atoms with van der Waals surface area (Å²) in [7, 11) is 0. The van der Waals surface area contributed by atoms with Crippen LogP contribution in [0.25, 0.3) is 12.2 Å². The highest BCUT2D eigenvalue weighted by Gasteiger charge is 2.39. The zero-order valence-electron chi connectivity index (χ0n) is 32.8. The Morgan fingerprint density at radius 3 is 1.24 bits per heavy atom. The number of rotatable bonds is 16. The van der Waals surface area contributed by atoms with Gasteiger partial charge in [0, 0.05) is 47.7 Å². The highest BCUT2D eigenvalue weighted by atomic mass is 16.7. The van der Waals surface area contributed by atoms with Crippen molar-refractivity contribution < 1.29 is 33.4 Å². The molecule has 6 rings (SSSR count). The smallest absolute Gasteiger partial charge is 0.420 e. The van der Waals surface area contributed by atoms with Crippen LogP contribution in [0.3, 0.4) is 0 Å². The zero-order valence-corrected chi connectivity index (χ0v) is 32.8. The number of carbonyl (C=O) groups excluding carboxylic acids is 5. The lowest BCUT2D eigenvalue weighted by Gasteiger charge is -2.28. The van der Waals surface area contributed by atoms with Crippen molar-refractivity contribution in [2.45, 2.75) is 52.0 Å². The monoisotopic (exact) mass is 772 g/mol. The maximum atomic E-state index is 13.9. The first-order chi connectivity index (χ1) is 27.9. The van der Waals surface area contributed by atoms with Gasteiger partial charge in [0.25, 0.3) is 0 Å². The van der Waals surface area contributed by atoms with Gasteiger partial charge in [0.2, 0.25) is 23.1 Å². The molecule has 58 heavy (non-hydrogen) atoms. The number of benzene rings is 4. The fourth-order valence-electron chi connectivity index (χ4n) is 6.50. The van der Waals surface area contributed by atoms with Crippen molar-refractivity contribution in [3.05, 3.63) is 203 Å². The first kappa shape index (κ1) is 40.5. The van der Waals surface area contributed by atoms with Gasteiger partial charge in [-0.2, -0.15) is 0 Å². The predicted molar refractivity (Wildman–Crippen MR) is 224 cm³/mol. The molecule has 0 aliphatic rings. The number of nitrogens with zero attached hydrogens (tertiary/aromatic N) is 2. The number of hydrogen-bond acceptors (Lipinski definition) is 7. The van der Waals surface area contributed by atoms with Crippen molar-refractivity contribution in [3.8, 4) is 0 Å². The van der Waals surface area contributed by atoms with Crippen LogP contribution in [0, 0.1) is 0 Å². The van der Waals surface area contributed by atoms with Gasteiger partial charge in [-0.25, -0.2) is 4.79 Å². The number of hydrogen-bond donors (Lipinski definition) is 0. The third-order valence-corrected chi connectivity index (χ3v) is 9.58. The molecule has 0 spiro atoms. The molecule has 2 heterocycles. The Morgan fingerprint density at radius 1 is 0.483 bits per heavy atom. The molecule has 2 aromatic heterocycles. The molecule has 9 heteroatoms. The number of allylic oxidation sites excluding steroid dienone is 2. The minimum absolute atomic E-state index is 0.0945. The summed E-state index contributed by atoms with van der Waals surface area (Å²) in [6, 6.07) is 39.1. The van der Waals surface area contributed by atoms with E-state index in [2.05, 4.69) is 0 Å². The van der Waals surface area contributed by atoms with Crippen molar-refractivity contribution in [1.29, 1.82) is 0 Å². The van der Waals surface area contributed by atoms with Crippen LogP contribution in [0.2, 0.25) is 0 Å². The molecule has 292 valence electrons. The second-order valence-corrected chi connectivity index (χ2v) is 14.6. The van der Waals surface area contributed by atoms with Crippen LogP contribution < -0.4 is 0 Å². The standard InChI is InChI=1S/C49H44N2O7/c1-48(2,45(54)39-27-13-11-19-35(39)25-15-31-50-33-17-29-41(50)43(52)37-21-7-5-8-22-37)57-47(56)58-49(3,4)46(55)40-28-14-12-20-36(40)26-16-32-51-34-18-30-42(51)44(53)38-23-9-6-10-24-38/h5-30,33-34H,31-32H2,1-4H3/b25-15+,26-16+. The molecule has 0 aliphatic heterocycles. The molecule has 0 bridgehead atoms. The van der Waals surface area contributed by atoms with Gasteiger partial charge >= 0.3 is 6.16 Å². The van der Waals surface area contributed by atoms with Crippen LogP contribution in [0.4, 0.5) is 4.79 Å². The summed E-state index contributed by atoms with van der Waals surface area (Å²) < 4.78 is 14.9. The summed E-state index contributed by atoms with van der Waals surface area (Å²) in [5.74, 6) is -1.13. The molecular weight excluding hydrogens is 729 g/mol. The van der Waals surface area contributed by atoms with Gasteiger partial charge in [-0.3, -0.25) is 19.2 Å². The third-order valence-electron chi connectivity index (χ3n) is 9.58. The first-order valence-electron chi connectivity index (χ1n) is 18.9. The quantitative estimate of drug-likeness (QED) is 0.0711. The Labute approximate surface area is 337 Å². The minimum Gasteiger partial charge on any atom is -0.420 e. The normalized spacial score (nSPS) is 11.8. The maximum absolute atomic E-state index is 13.9. The summed E-state index contributed by atoms with van der Waals surface area (Å²) in [6.07, 6.45) is 9.73. The Bertz CT molecular complexity index is 2330. The van der Waals surface area contributed by atoms with E-state index in [1.165, 1.54) is 27.7 Å². The van der Waals surface area contributed by atoms with Gasteiger partial charge in [-0.1, -0.05) is 133 Å². The number of ether oxygens (including phenoxy) is 2. The van der Waals surface area contributed by atoms with E-state index in [9.17, 15) is 24.0 Å². The predicted octanol–water partition coefficient (Wildman–Crippen LogP) is 9.95. The average Bonchev–Trinajstić information content (AvgIpc) is 3.90.